The van der Waals surface area contributed by atoms with Crippen LogP contribution in [0.3, 0.4) is 0 Å². The minimum atomic E-state index is -0.476. The van der Waals surface area contributed by atoms with Crippen LogP contribution < -0.4 is 0 Å². The number of benzene rings is 1. The molecule has 3 unspecified atom stereocenters. The first-order valence-electron chi connectivity index (χ1n) is 7.61. The number of ether oxygens (including phenoxy) is 1. The standard InChI is InChI=1S/C17H28O3/c1-3-4-10-16(11-15-8-6-5-7-9-15)17(19)13-20-14(2)12-18/h5-9,14,16-19H,3-4,10-13H2,1-2H3. The van der Waals surface area contributed by atoms with Crippen LogP contribution >= 0.6 is 0 Å². The average molecular weight is 280 g/mol. The highest BCUT2D eigenvalue weighted by Crippen LogP contribution is 2.19. The molecular formula is C17H28O3. The molecule has 0 bridgehead atoms. The van der Waals surface area contributed by atoms with Crippen LogP contribution in [-0.4, -0.2) is 35.6 Å². The molecule has 114 valence electrons. The summed E-state index contributed by atoms with van der Waals surface area (Å²) >= 11 is 0. The van der Waals surface area contributed by atoms with E-state index in [1.54, 1.807) is 0 Å². The van der Waals surface area contributed by atoms with Gasteiger partial charge in [0, 0.05) is 0 Å². The molecule has 20 heavy (non-hydrogen) atoms. The molecule has 0 fully saturated rings. The molecule has 0 aliphatic heterocycles. The van der Waals surface area contributed by atoms with Crippen molar-refractivity contribution in [1.82, 2.24) is 0 Å². The Bertz CT molecular complexity index is 339. The number of rotatable bonds is 10. The third kappa shape index (κ3) is 6.51. The molecule has 0 amide bonds. The molecule has 0 saturated carbocycles. The Balaban J connectivity index is 2.53. The summed E-state index contributed by atoms with van der Waals surface area (Å²) in [5.41, 5.74) is 1.25. The lowest BCUT2D eigenvalue weighted by Crippen LogP contribution is -2.30. The van der Waals surface area contributed by atoms with Crippen molar-refractivity contribution >= 4 is 0 Å². The summed E-state index contributed by atoms with van der Waals surface area (Å²) in [5.74, 6) is 0.211. The van der Waals surface area contributed by atoms with Gasteiger partial charge in [-0.2, -0.15) is 0 Å². The maximum absolute atomic E-state index is 10.3. The fraction of sp³-hybridized carbons (Fsp3) is 0.647. The Morgan fingerprint density at radius 3 is 2.50 bits per heavy atom. The van der Waals surface area contributed by atoms with Gasteiger partial charge in [-0.3, -0.25) is 0 Å². The summed E-state index contributed by atoms with van der Waals surface area (Å²) in [6, 6.07) is 10.3. The highest BCUT2D eigenvalue weighted by Gasteiger charge is 2.20. The summed E-state index contributed by atoms with van der Waals surface area (Å²) in [4.78, 5) is 0. The second kappa shape index (κ2) is 9.92. The molecule has 1 aromatic carbocycles. The van der Waals surface area contributed by atoms with E-state index in [2.05, 4.69) is 19.1 Å². The van der Waals surface area contributed by atoms with Crippen molar-refractivity contribution in [2.24, 2.45) is 5.92 Å². The highest BCUT2D eigenvalue weighted by atomic mass is 16.5. The third-order valence-electron chi connectivity index (χ3n) is 3.62. The van der Waals surface area contributed by atoms with Crippen LogP contribution in [0, 0.1) is 5.92 Å². The van der Waals surface area contributed by atoms with Crippen molar-refractivity contribution in [3.05, 3.63) is 35.9 Å². The molecule has 3 nitrogen and oxygen atoms in total. The molecule has 0 aromatic heterocycles. The lowest BCUT2D eigenvalue weighted by Gasteiger charge is -2.24. The van der Waals surface area contributed by atoms with Gasteiger partial charge in [-0.25, -0.2) is 0 Å². The van der Waals surface area contributed by atoms with E-state index in [4.69, 9.17) is 9.84 Å². The normalized spacial score (nSPS) is 15.8. The smallest absolute Gasteiger partial charge is 0.0805 e. The Morgan fingerprint density at radius 2 is 1.90 bits per heavy atom. The van der Waals surface area contributed by atoms with Crippen LogP contribution in [0.15, 0.2) is 30.3 Å². The number of unbranched alkanes of at least 4 members (excludes halogenated alkanes) is 1. The monoisotopic (exact) mass is 280 g/mol. The zero-order valence-electron chi connectivity index (χ0n) is 12.7. The minimum absolute atomic E-state index is 0.00890. The fourth-order valence-corrected chi connectivity index (χ4v) is 2.27. The maximum Gasteiger partial charge on any atom is 0.0805 e. The van der Waals surface area contributed by atoms with Crippen molar-refractivity contribution in [2.75, 3.05) is 13.2 Å². The molecule has 0 saturated heterocycles. The second-order valence-electron chi connectivity index (χ2n) is 5.49. The van der Waals surface area contributed by atoms with Gasteiger partial charge in [0.15, 0.2) is 0 Å². The molecule has 2 N–H and O–H groups in total. The van der Waals surface area contributed by atoms with Gasteiger partial charge in [0.05, 0.1) is 25.4 Å². The quantitative estimate of drug-likeness (QED) is 0.693. The van der Waals surface area contributed by atoms with Crippen LogP contribution in [0.1, 0.15) is 38.7 Å². The van der Waals surface area contributed by atoms with E-state index in [-0.39, 0.29) is 18.6 Å². The van der Waals surface area contributed by atoms with E-state index < -0.39 is 6.10 Å². The minimum Gasteiger partial charge on any atom is -0.394 e. The predicted octanol–water partition coefficient (Wildman–Crippen LogP) is 2.79. The van der Waals surface area contributed by atoms with Gasteiger partial charge in [0.2, 0.25) is 0 Å². The van der Waals surface area contributed by atoms with Crippen LogP contribution in [0.5, 0.6) is 0 Å². The summed E-state index contributed by atoms with van der Waals surface area (Å²) in [6.45, 7) is 4.26. The SMILES string of the molecule is CCCCC(Cc1ccccc1)C(O)COC(C)CO. The summed E-state index contributed by atoms with van der Waals surface area (Å²) < 4.78 is 5.45. The average Bonchev–Trinajstić information content (AvgIpc) is 2.49. The van der Waals surface area contributed by atoms with Crippen LogP contribution in [-0.2, 0) is 11.2 Å². The maximum atomic E-state index is 10.3. The van der Waals surface area contributed by atoms with Crippen molar-refractivity contribution in [3.8, 4) is 0 Å². The van der Waals surface area contributed by atoms with Gasteiger partial charge < -0.3 is 14.9 Å². The molecule has 0 radical (unpaired) electrons. The summed E-state index contributed by atoms with van der Waals surface area (Å²) in [5, 5.41) is 19.3. The molecule has 0 heterocycles. The van der Waals surface area contributed by atoms with Gasteiger partial charge in [-0.15, -0.1) is 0 Å². The lowest BCUT2D eigenvalue weighted by atomic mass is 9.89. The zero-order valence-corrected chi connectivity index (χ0v) is 12.7. The molecule has 0 spiro atoms. The zero-order chi connectivity index (χ0) is 14.8. The van der Waals surface area contributed by atoms with Gasteiger partial charge in [-0.1, -0.05) is 50.1 Å². The first kappa shape index (κ1) is 17.2. The largest absolute Gasteiger partial charge is 0.394 e. The predicted molar refractivity (Wildman–Crippen MR) is 81.7 cm³/mol. The number of hydrogen-bond acceptors (Lipinski definition) is 3. The van der Waals surface area contributed by atoms with Crippen LogP contribution in [0.4, 0.5) is 0 Å². The first-order chi connectivity index (χ1) is 9.67. The topological polar surface area (TPSA) is 49.7 Å². The Kier molecular flexibility index (Phi) is 8.51. The Morgan fingerprint density at radius 1 is 1.20 bits per heavy atom. The molecule has 1 aromatic rings. The number of aliphatic hydroxyl groups excluding tert-OH is 2. The molecule has 0 aliphatic carbocycles. The van der Waals surface area contributed by atoms with Crippen LogP contribution in [0.25, 0.3) is 0 Å². The molecule has 0 aliphatic rings. The third-order valence-corrected chi connectivity index (χ3v) is 3.62. The molecule has 3 heteroatoms. The van der Waals surface area contributed by atoms with Crippen molar-refractivity contribution in [1.29, 1.82) is 0 Å². The van der Waals surface area contributed by atoms with E-state index in [1.165, 1.54) is 5.56 Å². The fourth-order valence-electron chi connectivity index (χ4n) is 2.27. The Labute approximate surface area is 122 Å². The van der Waals surface area contributed by atoms with Gasteiger partial charge >= 0.3 is 0 Å². The first-order valence-corrected chi connectivity index (χ1v) is 7.61. The summed E-state index contributed by atoms with van der Waals surface area (Å²) in [7, 11) is 0. The molecular weight excluding hydrogens is 252 g/mol. The second-order valence-corrected chi connectivity index (χ2v) is 5.49. The molecule has 3 atom stereocenters. The number of hydrogen-bond donors (Lipinski definition) is 2. The Hall–Kier alpha value is -0.900. The van der Waals surface area contributed by atoms with Gasteiger partial charge in [0.25, 0.3) is 0 Å². The van der Waals surface area contributed by atoms with E-state index in [1.807, 2.05) is 25.1 Å². The van der Waals surface area contributed by atoms with Crippen molar-refractivity contribution in [3.63, 3.8) is 0 Å². The molecule has 1 rings (SSSR count). The van der Waals surface area contributed by atoms with Gasteiger partial charge in [0.1, 0.15) is 0 Å². The highest BCUT2D eigenvalue weighted by molar-refractivity contribution is 5.15. The number of aliphatic hydroxyl groups is 2. The van der Waals surface area contributed by atoms with E-state index >= 15 is 0 Å². The summed E-state index contributed by atoms with van der Waals surface area (Å²) in [6.07, 6.45) is 3.43. The van der Waals surface area contributed by atoms with Crippen LogP contribution in [0.2, 0.25) is 0 Å². The van der Waals surface area contributed by atoms with Crippen molar-refractivity contribution in [2.45, 2.75) is 51.7 Å². The van der Waals surface area contributed by atoms with Crippen molar-refractivity contribution < 1.29 is 14.9 Å². The van der Waals surface area contributed by atoms with E-state index in [9.17, 15) is 5.11 Å². The lowest BCUT2D eigenvalue weighted by molar-refractivity contribution is -0.0430. The van der Waals surface area contributed by atoms with E-state index in [0.717, 1.165) is 25.7 Å². The van der Waals surface area contributed by atoms with E-state index in [0.29, 0.717) is 6.61 Å². The van der Waals surface area contributed by atoms with Gasteiger partial charge in [-0.05, 0) is 31.2 Å².